The second-order valence-electron chi connectivity index (χ2n) is 7.74. The first-order chi connectivity index (χ1) is 12.0. The zero-order valence-electron chi connectivity index (χ0n) is 14.2. The lowest BCUT2D eigenvalue weighted by molar-refractivity contribution is -0.137. The molecule has 1 saturated carbocycles. The Morgan fingerprint density at radius 3 is 1.84 bits per heavy atom. The van der Waals surface area contributed by atoms with Crippen LogP contribution in [-0.4, -0.2) is 17.3 Å². The van der Waals surface area contributed by atoms with Gasteiger partial charge in [0.1, 0.15) is 11.7 Å². The van der Waals surface area contributed by atoms with Crippen molar-refractivity contribution in [3.05, 3.63) is 70.8 Å². The first kappa shape index (κ1) is 14.8. The van der Waals surface area contributed by atoms with Gasteiger partial charge in [0, 0.05) is 23.2 Å². The highest BCUT2D eigenvalue weighted by Crippen LogP contribution is 2.67. The number of carbonyl (C=O) groups is 3. The molecule has 0 heterocycles. The first-order valence-corrected chi connectivity index (χ1v) is 8.74. The summed E-state index contributed by atoms with van der Waals surface area (Å²) in [5.74, 6) is -2.52. The Bertz CT molecular complexity index is 925. The van der Waals surface area contributed by atoms with E-state index in [-0.39, 0.29) is 29.2 Å². The Morgan fingerprint density at radius 1 is 0.880 bits per heavy atom. The Balaban J connectivity index is 1.87. The molecule has 4 aliphatic rings. The third kappa shape index (κ3) is 1.50. The van der Waals surface area contributed by atoms with Gasteiger partial charge in [-0.1, -0.05) is 55.5 Å². The molecule has 0 N–H and O–H groups in total. The van der Waals surface area contributed by atoms with Gasteiger partial charge in [-0.2, -0.15) is 0 Å². The van der Waals surface area contributed by atoms with E-state index in [1.54, 1.807) is 0 Å². The number of benzene rings is 2. The van der Waals surface area contributed by atoms with Crippen molar-refractivity contribution < 1.29 is 14.4 Å². The molecule has 1 fully saturated rings. The van der Waals surface area contributed by atoms with Gasteiger partial charge in [0.05, 0.1) is 0 Å². The molecule has 3 nitrogen and oxygen atoms in total. The van der Waals surface area contributed by atoms with Crippen molar-refractivity contribution in [2.24, 2.45) is 17.3 Å². The van der Waals surface area contributed by atoms with Crippen LogP contribution in [-0.2, 0) is 14.4 Å². The van der Waals surface area contributed by atoms with E-state index in [0.717, 1.165) is 22.3 Å². The molecule has 2 aromatic carbocycles. The summed E-state index contributed by atoms with van der Waals surface area (Å²) in [6, 6.07) is 16.2. The van der Waals surface area contributed by atoms with E-state index < -0.39 is 17.3 Å². The van der Waals surface area contributed by atoms with Gasteiger partial charge in [-0.05, 0) is 29.2 Å². The molecule has 0 amide bonds. The minimum Gasteiger partial charge on any atom is -0.299 e. The zero-order valence-corrected chi connectivity index (χ0v) is 14.2. The van der Waals surface area contributed by atoms with Crippen LogP contribution in [0.5, 0.6) is 0 Å². The van der Waals surface area contributed by atoms with Crippen LogP contribution < -0.4 is 0 Å². The maximum absolute atomic E-state index is 13.3. The molecule has 124 valence electrons. The van der Waals surface area contributed by atoms with Gasteiger partial charge >= 0.3 is 0 Å². The maximum Gasteiger partial charge on any atom is 0.158 e. The number of carbonyl (C=O) groups excluding carboxylic acids is 3. The van der Waals surface area contributed by atoms with Crippen LogP contribution in [0.4, 0.5) is 0 Å². The number of rotatable bonds is 1. The molecule has 4 aliphatic carbocycles. The third-order valence-corrected chi connectivity index (χ3v) is 6.65. The topological polar surface area (TPSA) is 51.2 Å². The Labute approximate surface area is 146 Å². The molecule has 0 spiro atoms. The van der Waals surface area contributed by atoms with Gasteiger partial charge in [-0.3, -0.25) is 14.4 Å². The molecular formula is C22H18O3. The lowest BCUT2D eigenvalue weighted by atomic mass is 9.48. The van der Waals surface area contributed by atoms with Gasteiger partial charge in [-0.25, -0.2) is 0 Å². The largest absolute Gasteiger partial charge is 0.299 e. The summed E-state index contributed by atoms with van der Waals surface area (Å²) in [6.07, 6.45) is 0. The van der Waals surface area contributed by atoms with Crippen molar-refractivity contribution in [1.29, 1.82) is 0 Å². The summed E-state index contributed by atoms with van der Waals surface area (Å²) in [5.41, 5.74) is 3.71. The standard InChI is InChI=1S/C22H18O3/c1-11(23)16-20(24)19-17-12-7-3-5-9-14(12)18(22(19,2)21(16)25)15-10-6-4-8-13(15)17/h3-10,16-19H,1-2H3/t16-,17?,18?,19-,22+/m1/s1. The van der Waals surface area contributed by atoms with Crippen molar-refractivity contribution in [3.63, 3.8) is 0 Å². The summed E-state index contributed by atoms with van der Waals surface area (Å²) >= 11 is 0. The van der Waals surface area contributed by atoms with E-state index in [1.165, 1.54) is 6.92 Å². The van der Waals surface area contributed by atoms with E-state index in [0.29, 0.717) is 0 Å². The smallest absolute Gasteiger partial charge is 0.158 e. The zero-order chi connectivity index (χ0) is 17.5. The van der Waals surface area contributed by atoms with Crippen molar-refractivity contribution in [1.82, 2.24) is 0 Å². The molecule has 2 aromatic rings. The van der Waals surface area contributed by atoms with Crippen LogP contribution in [0.15, 0.2) is 48.5 Å². The van der Waals surface area contributed by atoms with Crippen LogP contribution in [0.1, 0.15) is 47.9 Å². The predicted octanol–water partition coefficient (Wildman–Crippen LogP) is 3.26. The molecule has 0 aromatic heterocycles. The molecule has 0 saturated heterocycles. The van der Waals surface area contributed by atoms with Gasteiger partial charge < -0.3 is 0 Å². The summed E-state index contributed by atoms with van der Waals surface area (Å²) in [5, 5.41) is 0. The second-order valence-corrected chi connectivity index (χ2v) is 7.74. The van der Waals surface area contributed by atoms with E-state index >= 15 is 0 Å². The normalized spacial score (nSPS) is 34.5. The molecular weight excluding hydrogens is 312 g/mol. The van der Waals surface area contributed by atoms with E-state index in [9.17, 15) is 14.4 Å². The first-order valence-electron chi connectivity index (χ1n) is 8.74. The lowest BCUT2D eigenvalue weighted by Crippen LogP contribution is -2.49. The van der Waals surface area contributed by atoms with Gasteiger partial charge in [0.2, 0.25) is 0 Å². The van der Waals surface area contributed by atoms with Crippen molar-refractivity contribution in [2.45, 2.75) is 25.7 Å². The van der Waals surface area contributed by atoms with Crippen molar-refractivity contribution in [3.8, 4) is 0 Å². The van der Waals surface area contributed by atoms with Gasteiger partial charge in [0.25, 0.3) is 0 Å². The Hall–Kier alpha value is -2.55. The summed E-state index contributed by atoms with van der Waals surface area (Å²) < 4.78 is 0. The highest BCUT2D eigenvalue weighted by Gasteiger charge is 2.69. The lowest BCUT2D eigenvalue weighted by Gasteiger charge is -2.52. The molecule has 2 bridgehead atoms. The fourth-order valence-electron chi connectivity index (χ4n) is 5.74. The molecule has 6 rings (SSSR count). The Kier molecular flexibility index (Phi) is 2.68. The predicted molar refractivity (Wildman–Crippen MR) is 92.4 cm³/mol. The third-order valence-electron chi connectivity index (χ3n) is 6.65. The molecule has 25 heavy (non-hydrogen) atoms. The van der Waals surface area contributed by atoms with E-state index in [4.69, 9.17) is 0 Å². The fraction of sp³-hybridized carbons (Fsp3) is 0.318. The molecule has 0 unspecified atom stereocenters. The SMILES string of the molecule is CC(=O)[C@@H]1C(=O)[C@H]2C3c4ccccc4C(c4ccccc43)[C@]2(C)C1=O. The summed E-state index contributed by atoms with van der Waals surface area (Å²) in [4.78, 5) is 38.5. The average molecular weight is 330 g/mol. The van der Waals surface area contributed by atoms with Crippen molar-refractivity contribution >= 4 is 17.3 Å². The summed E-state index contributed by atoms with van der Waals surface area (Å²) in [7, 11) is 0. The minimum absolute atomic E-state index is 0.136. The molecule has 3 heteroatoms. The molecule has 0 radical (unpaired) electrons. The number of Topliss-reactive ketones (excluding diaryl/α,β-unsaturated/α-hetero) is 3. The second kappa shape index (κ2) is 4.54. The van der Waals surface area contributed by atoms with Crippen LogP contribution in [0, 0.1) is 17.3 Å². The maximum atomic E-state index is 13.3. The van der Waals surface area contributed by atoms with Crippen LogP contribution in [0.3, 0.4) is 0 Å². The number of ketones is 3. The number of hydrogen-bond donors (Lipinski definition) is 0. The highest BCUT2D eigenvalue weighted by molar-refractivity contribution is 6.27. The van der Waals surface area contributed by atoms with E-state index in [2.05, 4.69) is 24.3 Å². The van der Waals surface area contributed by atoms with Gasteiger partial charge in [-0.15, -0.1) is 0 Å². The minimum atomic E-state index is -1.09. The van der Waals surface area contributed by atoms with Crippen molar-refractivity contribution in [2.75, 3.05) is 0 Å². The van der Waals surface area contributed by atoms with E-state index in [1.807, 2.05) is 31.2 Å². The highest BCUT2D eigenvalue weighted by atomic mass is 16.2. The fourth-order valence-corrected chi connectivity index (χ4v) is 5.74. The molecule has 3 atom stereocenters. The molecule has 0 aliphatic heterocycles. The van der Waals surface area contributed by atoms with Crippen LogP contribution in [0.2, 0.25) is 0 Å². The average Bonchev–Trinajstić information content (AvgIpc) is 2.81. The van der Waals surface area contributed by atoms with Crippen LogP contribution >= 0.6 is 0 Å². The number of hydrogen-bond acceptors (Lipinski definition) is 3. The summed E-state index contributed by atoms with van der Waals surface area (Å²) in [6.45, 7) is 3.27. The van der Waals surface area contributed by atoms with Crippen LogP contribution in [0.25, 0.3) is 0 Å². The monoisotopic (exact) mass is 330 g/mol. The van der Waals surface area contributed by atoms with Gasteiger partial charge in [0.15, 0.2) is 11.6 Å². The quantitative estimate of drug-likeness (QED) is 0.754. The Morgan fingerprint density at radius 2 is 1.36 bits per heavy atom.